The van der Waals surface area contributed by atoms with Crippen LogP contribution in [0.4, 0.5) is 11.5 Å². The van der Waals surface area contributed by atoms with Gasteiger partial charge in [-0.25, -0.2) is 9.98 Å². The van der Waals surface area contributed by atoms with Gasteiger partial charge < -0.3 is 4.42 Å². The SMILES string of the molecule is C=CCN1C(=O)/C(=C\c2ccc(-c3ccc([N+](=O)[O-])cc3)o2)S/C1=N/c1ccccn1. The molecule has 154 valence electrons. The van der Waals surface area contributed by atoms with Gasteiger partial charge in [0.2, 0.25) is 0 Å². The minimum atomic E-state index is -0.455. The average Bonchev–Trinajstić information content (AvgIpc) is 3.35. The molecule has 1 saturated heterocycles. The van der Waals surface area contributed by atoms with Crippen LogP contribution in [0.15, 0.2) is 87.8 Å². The average molecular weight is 432 g/mol. The van der Waals surface area contributed by atoms with Crippen LogP contribution in [0, 0.1) is 10.1 Å². The fourth-order valence-corrected chi connectivity index (χ4v) is 3.84. The second-order valence-electron chi connectivity index (χ2n) is 6.40. The smallest absolute Gasteiger partial charge is 0.269 e. The second kappa shape index (κ2) is 8.80. The van der Waals surface area contributed by atoms with Gasteiger partial charge in [-0.1, -0.05) is 12.1 Å². The number of amides is 1. The summed E-state index contributed by atoms with van der Waals surface area (Å²) < 4.78 is 5.83. The van der Waals surface area contributed by atoms with Gasteiger partial charge in [-0.05, 0) is 48.2 Å². The van der Waals surface area contributed by atoms with E-state index in [-0.39, 0.29) is 11.6 Å². The van der Waals surface area contributed by atoms with E-state index in [0.29, 0.717) is 39.5 Å². The largest absolute Gasteiger partial charge is 0.457 e. The number of amidine groups is 1. The molecule has 4 rings (SSSR count). The molecule has 0 bridgehead atoms. The van der Waals surface area contributed by atoms with Gasteiger partial charge in [-0.3, -0.25) is 19.8 Å². The molecule has 0 saturated carbocycles. The first-order valence-corrected chi connectivity index (χ1v) is 10.0. The number of nitro groups is 1. The number of nitrogens with zero attached hydrogens (tertiary/aromatic N) is 4. The van der Waals surface area contributed by atoms with E-state index in [1.165, 1.54) is 28.8 Å². The number of hydrogen-bond acceptors (Lipinski definition) is 7. The van der Waals surface area contributed by atoms with Crippen molar-refractivity contribution in [2.45, 2.75) is 0 Å². The predicted octanol–water partition coefficient (Wildman–Crippen LogP) is 5.04. The first-order chi connectivity index (χ1) is 15.0. The van der Waals surface area contributed by atoms with Crippen molar-refractivity contribution >= 4 is 40.4 Å². The summed E-state index contributed by atoms with van der Waals surface area (Å²) in [5, 5.41) is 11.3. The Labute approximate surface area is 181 Å². The van der Waals surface area contributed by atoms with Crippen LogP contribution in [-0.4, -0.2) is 32.4 Å². The third-order valence-corrected chi connectivity index (χ3v) is 5.33. The summed E-state index contributed by atoms with van der Waals surface area (Å²) in [6.45, 7) is 4.03. The maximum absolute atomic E-state index is 12.9. The quantitative estimate of drug-likeness (QED) is 0.234. The molecule has 3 aromatic rings. The Morgan fingerprint density at radius 1 is 1.19 bits per heavy atom. The minimum Gasteiger partial charge on any atom is -0.457 e. The van der Waals surface area contributed by atoms with E-state index in [0.717, 1.165) is 0 Å². The summed E-state index contributed by atoms with van der Waals surface area (Å²) in [5.74, 6) is 1.34. The Hall–Kier alpha value is -3.98. The molecular formula is C22H16N4O4S. The molecule has 0 radical (unpaired) electrons. The lowest BCUT2D eigenvalue weighted by atomic mass is 10.1. The molecule has 2 aromatic heterocycles. The summed E-state index contributed by atoms with van der Waals surface area (Å²) in [6.07, 6.45) is 4.92. The van der Waals surface area contributed by atoms with Crippen molar-refractivity contribution in [3.8, 4) is 11.3 Å². The molecule has 1 aromatic carbocycles. The lowest BCUT2D eigenvalue weighted by Gasteiger charge is -2.12. The van der Waals surface area contributed by atoms with Crippen LogP contribution in [0.5, 0.6) is 0 Å². The zero-order valence-electron chi connectivity index (χ0n) is 16.2. The molecule has 8 nitrogen and oxygen atoms in total. The van der Waals surface area contributed by atoms with Crippen LogP contribution in [0.25, 0.3) is 17.4 Å². The maximum Gasteiger partial charge on any atom is 0.269 e. The molecule has 1 fully saturated rings. The van der Waals surface area contributed by atoms with Gasteiger partial charge in [0.1, 0.15) is 11.5 Å². The van der Waals surface area contributed by atoms with Crippen molar-refractivity contribution in [2.24, 2.45) is 4.99 Å². The molecule has 0 N–H and O–H groups in total. The zero-order valence-corrected chi connectivity index (χ0v) is 17.0. The van der Waals surface area contributed by atoms with Crippen LogP contribution in [0.2, 0.25) is 0 Å². The van der Waals surface area contributed by atoms with E-state index >= 15 is 0 Å². The Balaban J connectivity index is 1.60. The predicted molar refractivity (Wildman–Crippen MR) is 120 cm³/mol. The van der Waals surface area contributed by atoms with E-state index in [2.05, 4.69) is 16.6 Å². The number of furan rings is 1. The molecule has 31 heavy (non-hydrogen) atoms. The summed E-state index contributed by atoms with van der Waals surface area (Å²) in [6, 6.07) is 14.9. The fourth-order valence-electron chi connectivity index (χ4n) is 2.86. The van der Waals surface area contributed by atoms with E-state index in [1.807, 2.05) is 6.07 Å². The van der Waals surface area contributed by atoms with E-state index < -0.39 is 4.92 Å². The second-order valence-corrected chi connectivity index (χ2v) is 7.41. The van der Waals surface area contributed by atoms with Gasteiger partial charge in [0.15, 0.2) is 11.0 Å². The number of rotatable bonds is 6. The fraction of sp³-hybridized carbons (Fsp3) is 0.0455. The summed E-state index contributed by atoms with van der Waals surface area (Å²) in [7, 11) is 0. The van der Waals surface area contributed by atoms with Crippen LogP contribution >= 0.6 is 11.8 Å². The Bertz CT molecular complexity index is 1200. The third kappa shape index (κ3) is 4.46. The number of hydrogen-bond donors (Lipinski definition) is 0. The van der Waals surface area contributed by atoms with Crippen LogP contribution in [0.1, 0.15) is 5.76 Å². The van der Waals surface area contributed by atoms with Crippen molar-refractivity contribution < 1.29 is 14.1 Å². The van der Waals surface area contributed by atoms with Crippen molar-refractivity contribution in [3.63, 3.8) is 0 Å². The number of pyridine rings is 1. The molecule has 0 spiro atoms. The lowest BCUT2D eigenvalue weighted by Crippen LogP contribution is -2.29. The van der Waals surface area contributed by atoms with Crippen molar-refractivity contribution in [3.05, 3.63) is 94.2 Å². The lowest BCUT2D eigenvalue weighted by molar-refractivity contribution is -0.384. The van der Waals surface area contributed by atoms with Gasteiger partial charge in [0.25, 0.3) is 11.6 Å². The van der Waals surface area contributed by atoms with Gasteiger partial charge in [-0.15, -0.1) is 6.58 Å². The zero-order chi connectivity index (χ0) is 21.8. The monoisotopic (exact) mass is 432 g/mol. The van der Waals surface area contributed by atoms with Crippen molar-refractivity contribution in [2.75, 3.05) is 6.54 Å². The number of nitro benzene ring substituents is 1. The number of aliphatic imine (C=N–C) groups is 1. The number of non-ortho nitro benzene ring substituents is 1. The standard InChI is InChI=1S/C22H16N4O4S/c1-2-13-25-21(27)19(31-22(25)24-20-5-3-4-12-23-20)14-17-10-11-18(30-17)15-6-8-16(9-7-15)26(28)29/h2-12,14H,1,13H2/b19-14+,24-22+. The van der Waals surface area contributed by atoms with Crippen LogP contribution in [0.3, 0.4) is 0 Å². The third-order valence-electron chi connectivity index (χ3n) is 4.32. The molecule has 1 amide bonds. The highest BCUT2D eigenvalue weighted by Gasteiger charge is 2.33. The van der Waals surface area contributed by atoms with Crippen LogP contribution in [-0.2, 0) is 4.79 Å². The van der Waals surface area contributed by atoms with E-state index in [4.69, 9.17) is 4.42 Å². The highest BCUT2D eigenvalue weighted by atomic mass is 32.2. The molecule has 9 heteroatoms. The Morgan fingerprint density at radius 3 is 2.68 bits per heavy atom. The van der Waals surface area contributed by atoms with Crippen molar-refractivity contribution in [1.29, 1.82) is 0 Å². The van der Waals surface area contributed by atoms with Crippen LogP contribution < -0.4 is 0 Å². The molecular weight excluding hydrogens is 416 g/mol. The van der Waals surface area contributed by atoms with Gasteiger partial charge in [0, 0.05) is 36.5 Å². The van der Waals surface area contributed by atoms with Gasteiger partial charge >= 0.3 is 0 Å². The number of aromatic nitrogens is 1. The number of carbonyl (C=O) groups is 1. The Kier molecular flexibility index (Phi) is 5.76. The maximum atomic E-state index is 12.9. The highest BCUT2D eigenvalue weighted by Crippen LogP contribution is 2.34. The number of benzene rings is 1. The summed E-state index contributed by atoms with van der Waals surface area (Å²) in [5.41, 5.74) is 0.707. The number of carbonyl (C=O) groups excluding carboxylic acids is 1. The first-order valence-electron chi connectivity index (χ1n) is 9.22. The van der Waals surface area contributed by atoms with Gasteiger partial charge in [-0.2, -0.15) is 0 Å². The van der Waals surface area contributed by atoms with Gasteiger partial charge in [0.05, 0.1) is 9.83 Å². The molecule has 3 heterocycles. The highest BCUT2D eigenvalue weighted by molar-refractivity contribution is 8.18. The van der Waals surface area contributed by atoms with Crippen molar-refractivity contribution in [1.82, 2.24) is 9.88 Å². The Morgan fingerprint density at radius 2 is 2.00 bits per heavy atom. The number of thioether (sulfide) groups is 1. The van der Waals surface area contributed by atoms with E-state index in [1.54, 1.807) is 54.7 Å². The first kappa shape index (κ1) is 20.3. The molecule has 0 atom stereocenters. The summed E-state index contributed by atoms with van der Waals surface area (Å²) in [4.78, 5) is 33.9. The minimum absolute atomic E-state index is 0.00707. The molecule has 0 unspecified atom stereocenters. The molecule has 1 aliphatic heterocycles. The normalized spacial score (nSPS) is 16.3. The molecule has 1 aliphatic rings. The topological polar surface area (TPSA) is 102 Å². The summed E-state index contributed by atoms with van der Waals surface area (Å²) >= 11 is 1.23. The molecule has 0 aliphatic carbocycles. The van der Waals surface area contributed by atoms with E-state index in [9.17, 15) is 14.9 Å².